The van der Waals surface area contributed by atoms with E-state index in [-0.39, 0.29) is 5.52 Å². The van der Waals surface area contributed by atoms with E-state index in [1.54, 1.807) is 12.4 Å². The van der Waals surface area contributed by atoms with E-state index in [9.17, 15) is 8.78 Å². The van der Waals surface area contributed by atoms with Crippen LogP contribution in [0.2, 0.25) is 0 Å². The average molecular weight is 370 g/mol. The molecule has 0 aliphatic carbocycles. The van der Waals surface area contributed by atoms with Crippen molar-refractivity contribution in [1.82, 2.24) is 15.0 Å². The summed E-state index contributed by atoms with van der Waals surface area (Å²) < 4.78 is 27.8. The first kappa shape index (κ1) is 17.4. The molecule has 8 heteroatoms. The van der Waals surface area contributed by atoms with Gasteiger partial charge in [0.15, 0.2) is 5.82 Å². The Kier molecular flexibility index (Phi) is 4.47. The quantitative estimate of drug-likeness (QED) is 0.707. The van der Waals surface area contributed by atoms with Crippen molar-refractivity contribution in [2.45, 2.75) is 0 Å². The SMILES string of the molecule is CN(C)c1nccc(N2CCN(c3ccnc4c(F)cc(F)cc34)CC2)n1. The van der Waals surface area contributed by atoms with Crippen LogP contribution in [0.25, 0.3) is 10.9 Å². The molecule has 1 aliphatic rings. The lowest BCUT2D eigenvalue weighted by atomic mass is 10.1. The Labute approximate surface area is 156 Å². The van der Waals surface area contributed by atoms with Crippen LogP contribution in [-0.4, -0.2) is 55.2 Å². The molecule has 0 saturated carbocycles. The van der Waals surface area contributed by atoms with Gasteiger partial charge in [-0.15, -0.1) is 0 Å². The summed E-state index contributed by atoms with van der Waals surface area (Å²) in [6, 6.07) is 5.93. The highest BCUT2D eigenvalue weighted by molar-refractivity contribution is 5.92. The van der Waals surface area contributed by atoms with Gasteiger partial charge in [-0.3, -0.25) is 4.98 Å². The second-order valence-corrected chi connectivity index (χ2v) is 6.70. The van der Waals surface area contributed by atoms with Gasteiger partial charge in [-0.05, 0) is 18.2 Å². The van der Waals surface area contributed by atoms with Gasteiger partial charge in [-0.25, -0.2) is 13.8 Å². The van der Waals surface area contributed by atoms with Crippen LogP contribution in [0.4, 0.5) is 26.2 Å². The van der Waals surface area contributed by atoms with Crippen LogP contribution >= 0.6 is 0 Å². The van der Waals surface area contributed by atoms with E-state index < -0.39 is 11.6 Å². The molecule has 2 aromatic heterocycles. The summed E-state index contributed by atoms with van der Waals surface area (Å²) in [5.41, 5.74) is 0.998. The Morgan fingerprint density at radius 2 is 1.63 bits per heavy atom. The standard InChI is InChI=1S/C19H20F2N6/c1-25(2)19-23-6-4-17(24-19)27-9-7-26(8-10-27)16-3-5-22-18-14(16)11-13(20)12-15(18)21/h3-6,11-12H,7-10H2,1-2H3. The van der Waals surface area contributed by atoms with Crippen molar-refractivity contribution in [3.63, 3.8) is 0 Å². The van der Waals surface area contributed by atoms with Gasteiger partial charge in [0.05, 0.1) is 0 Å². The number of piperazine rings is 1. The molecule has 0 amide bonds. The summed E-state index contributed by atoms with van der Waals surface area (Å²) in [6.07, 6.45) is 3.32. The highest BCUT2D eigenvalue weighted by Crippen LogP contribution is 2.29. The number of aromatic nitrogens is 3. The van der Waals surface area contributed by atoms with Crippen LogP contribution in [0, 0.1) is 11.6 Å². The van der Waals surface area contributed by atoms with E-state index in [2.05, 4.69) is 24.8 Å². The predicted molar refractivity (Wildman–Crippen MR) is 102 cm³/mol. The van der Waals surface area contributed by atoms with Crippen LogP contribution < -0.4 is 14.7 Å². The van der Waals surface area contributed by atoms with Crippen molar-refractivity contribution < 1.29 is 8.78 Å². The van der Waals surface area contributed by atoms with E-state index in [1.165, 1.54) is 6.07 Å². The van der Waals surface area contributed by atoms with Crippen LogP contribution in [0.1, 0.15) is 0 Å². The maximum atomic E-state index is 14.0. The van der Waals surface area contributed by atoms with E-state index in [0.29, 0.717) is 11.3 Å². The molecule has 1 saturated heterocycles. The molecule has 0 bridgehead atoms. The van der Waals surface area contributed by atoms with E-state index in [4.69, 9.17) is 0 Å². The van der Waals surface area contributed by atoms with Gasteiger partial charge in [0.1, 0.15) is 17.2 Å². The number of nitrogens with zero attached hydrogens (tertiary/aromatic N) is 6. The first-order valence-corrected chi connectivity index (χ1v) is 8.77. The Morgan fingerprint density at radius 3 is 2.37 bits per heavy atom. The van der Waals surface area contributed by atoms with Crippen molar-refractivity contribution >= 4 is 28.4 Å². The normalized spacial score (nSPS) is 14.7. The zero-order chi connectivity index (χ0) is 19.0. The molecule has 0 spiro atoms. The van der Waals surface area contributed by atoms with Gasteiger partial charge in [0, 0.05) is 69.8 Å². The summed E-state index contributed by atoms with van der Waals surface area (Å²) in [7, 11) is 3.81. The number of benzene rings is 1. The van der Waals surface area contributed by atoms with E-state index in [0.717, 1.165) is 43.8 Å². The molecule has 0 N–H and O–H groups in total. The lowest BCUT2D eigenvalue weighted by molar-refractivity contribution is 0.590. The molecule has 0 unspecified atom stereocenters. The van der Waals surface area contributed by atoms with Gasteiger partial charge in [-0.2, -0.15) is 4.98 Å². The zero-order valence-electron chi connectivity index (χ0n) is 15.2. The molecule has 0 atom stereocenters. The van der Waals surface area contributed by atoms with Gasteiger partial charge in [0.25, 0.3) is 0 Å². The fourth-order valence-corrected chi connectivity index (χ4v) is 3.35. The number of rotatable bonds is 3. The third kappa shape index (κ3) is 3.34. The number of pyridine rings is 1. The number of fused-ring (bicyclic) bond motifs is 1. The molecule has 1 aliphatic heterocycles. The lowest BCUT2D eigenvalue weighted by Gasteiger charge is -2.37. The molecule has 140 valence electrons. The second-order valence-electron chi connectivity index (χ2n) is 6.70. The molecule has 3 heterocycles. The molecule has 1 fully saturated rings. The molecule has 6 nitrogen and oxygen atoms in total. The Hall–Kier alpha value is -3.03. The highest BCUT2D eigenvalue weighted by atomic mass is 19.1. The van der Waals surface area contributed by atoms with Crippen molar-refractivity contribution in [2.24, 2.45) is 0 Å². The summed E-state index contributed by atoms with van der Waals surface area (Å²) in [5.74, 6) is 0.318. The van der Waals surface area contributed by atoms with Crippen molar-refractivity contribution in [3.8, 4) is 0 Å². The molecular formula is C19H20F2N6. The number of anilines is 3. The Balaban J connectivity index is 1.57. The van der Waals surface area contributed by atoms with Crippen LogP contribution in [0.5, 0.6) is 0 Å². The van der Waals surface area contributed by atoms with Gasteiger partial charge in [0.2, 0.25) is 5.95 Å². The maximum Gasteiger partial charge on any atom is 0.226 e. The minimum atomic E-state index is -0.636. The molecule has 0 radical (unpaired) electrons. The van der Waals surface area contributed by atoms with Crippen LogP contribution in [0.3, 0.4) is 0 Å². The van der Waals surface area contributed by atoms with E-state index in [1.807, 2.05) is 31.1 Å². The highest BCUT2D eigenvalue weighted by Gasteiger charge is 2.21. The Morgan fingerprint density at radius 1 is 0.926 bits per heavy atom. The minimum absolute atomic E-state index is 0.197. The summed E-state index contributed by atoms with van der Waals surface area (Å²) in [4.78, 5) is 19.1. The predicted octanol–water partition coefficient (Wildman–Crippen LogP) is 2.70. The minimum Gasteiger partial charge on any atom is -0.367 e. The second kappa shape index (κ2) is 6.94. The van der Waals surface area contributed by atoms with Crippen LogP contribution in [0.15, 0.2) is 36.7 Å². The molecule has 27 heavy (non-hydrogen) atoms. The third-order valence-electron chi connectivity index (χ3n) is 4.71. The van der Waals surface area contributed by atoms with Crippen molar-refractivity contribution in [3.05, 3.63) is 48.3 Å². The number of halogens is 2. The fraction of sp³-hybridized carbons (Fsp3) is 0.316. The monoisotopic (exact) mass is 370 g/mol. The first-order valence-electron chi connectivity index (χ1n) is 8.77. The van der Waals surface area contributed by atoms with E-state index >= 15 is 0 Å². The van der Waals surface area contributed by atoms with Gasteiger partial charge < -0.3 is 14.7 Å². The topological polar surface area (TPSA) is 48.4 Å². The number of hydrogen-bond acceptors (Lipinski definition) is 6. The van der Waals surface area contributed by atoms with Crippen molar-refractivity contribution in [1.29, 1.82) is 0 Å². The smallest absolute Gasteiger partial charge is 0.226 e. The number of hydrogen-bond donors (Lipinski definition) is 0. The molecular weight excluding hydrogens is 350 g/mol. The van der Waals surface area contributed by atoms with Crippen LogP contribution in [-0.2, 0) is 0 Å². The first-order chi connectivity index (χ1) is 13.0. The summed E-state index contributed by atoms with van der Waals surface area (Å²) in [5, 5.41) is 0.500. The fourth-order valence-electron chi connectivity index (χ4n) is 3.35. The maximum absolute atomic E-state index is 14.0. The van der Waals surface area contributed by atoms with Gasteiger partial charge >= 0.3 is 0 Å². The zero-order valence-corrected chi connectivity index (χ0v) is 15.2. The third-order valence-corrected chi connectivity index (χ3v) is 4.71. The molecule has 4 rings (SSSR count). The Bertz CT molecular complexity index is 970. The lowest BCUT2D eigenvalue weighted by Crippen LogP contribution is -2.47. The largest absolute Gasteiger partial charge is 0.367 e. The molecule has 3 aromatic rings. The summed E-state index contributed by atoms with van der Waals surface area (Å²) >= 11 is 0. The van der Waals surface area contributed by atoms with Crippen molar-refractivity contribution in [2.75, 3.05) is 55.0 Å². The average Bonchev–Trinajstić information content (AvgIpc) is 2.68. The van der Waals surface area contributed by atoms with Gasteiger partial charge in [-0.1, -0.05) is 0 Å². The summed E-state index contributed by atoms with van der Waals surface area (Å²) in [6.45, 7) is 2.95. The molecule has 1 aromatic carbocycles.